The molecule has 0 saturated carbocycles. The van der Waals surface area contributed by atoms with E-state index in [-0.39, 0.29) is 11.7 Å². The van der Waals surface area contributed by atoms with E-state index in [1.54, 1.807) is 17.8 Å². The van der Waals surface area contributed by atoms with Crippen molar-refractivity contribution in [3.8, 4) is 6.07 Å². The van der Waals surface area contributed by atoms with E-state index in [0.717, 1.165) is 17.1 Å². The SMILES string of the molecule is N#Cc1ccccc1CSCCNC(=O)c1ccc(F)cc1. The highest BCUT2D eigenvalue weighted by molar-refractivity contribution is 7.98. The zero-order valence-corrected chi connectivity index (χ0v) is 12.7. The Bertz CT molecular complexity index is 680. The number of carbonyl (C=O) groups is 1. The van der Waals surface area contributed by atoms with Crippen LogP contribution in [0.1, 0.15) is 21.5 Å². The van der Waals surface area contributed by atoms with Gasteiger partial charge in [-0.25, -0.2) is 4.39 Å². The van der Waals surface area contributed by atoms with Gasteiger partial charge in [0.05, 0.1) is 11.6 Å². The van der Waals surface area contributed by atoms with Gasteiger partial charge in [0.2, 0.25) is 0 Å². The monoisotopic (exact) mass is 314 g/mol. The van der Waals surface area contributed by atoms with E-state index in [0.29, 0.717) is 17.7 Å². The van der Waals surface area contributed by atoms with Gasteiger partial charge < -0.3 is 5.32 Å². The van der Waals surface area contributed by atoms with Gasteiger partial charge >= 0.3 is 0 Å². The van der Waals surface area contributed by atoms with E-state index in [4.69, 9.17) is 5.26 Å². The topological polar surface area (TPSA) is 52.9 Å². The van der Waals surface area contributed by atoms with Crippen LogP contribution in [0.2, 0.25) is 0 Å². The van der Waals surface area contributed by atoms with Gasteiger partial charge in [-0.3, -0.25) is 4.79 Å². The molecule has 0 fully saturated rings. The predicted octanol–water partition coefficient (Wildman–Crippen LogP) is 3.36. The van der Waals surface area contributed by atoms with Gasteiger partial charge in [-0.1, -0.05) is 18.2 Å². The summed E-state index contributed by atoms with van der Waals surface area (Å²) >= 11 is 1.65. The number of thioether (sulfide) groups is 1. The van der Waals surface area contributed by atoms with Gasteiger partial charge in [0, 0.05) is 23.6 Å². The number of nitrogens with one attached hydrogen (secondary N) is 1. The molecular formula is C17H15FN2OS. The highest BCUT2D eigenvalue weighted by atomic mass is 32.2. The number of nitriles is 1. The van der Waals surface area contributed by atoms with E-state index in [1.165, 1.54) is 24.3 Å². The molecule has 0 bridgehead atoms. The second kappa shape index (κ2) is 8.20. The van der Waals surface area contributed by atoms with E-state index in [2.05, 4.69) is 11.4 Å². The lowest BCUT2D eigenvalue weighted by Gasteiger charge is -2.06. The predicted molar refractivity (Wildman–Crippen MR) is 86.1 cm³/mol. The number of nitrogens with zero attached hydrogens (tertiary/aromatic N) is 1. The molecule has 2 aromatic carbocycles. The molecule has 22 heavy (non-hydrogen) atoms. The van der Waals surface area contributed by atoms with Gasteiger partial charge in [0.15, 0.2) is 0 Å². The summed E-state index contributed by atoms with van der Waals surface area (Å²) in [6.45, 7) is 0.523. The maximum absolute atomic E-state index is 12.8. The van der Waals surface area contributed by atoms with Crippen molar-refractivity contribution in [1.82, 2.24) is 5.32 Å². The summed E-state index contributed by atoms with van der Waals surface area (Å²) in [6.07, 6.45) is 0. The molecule has 0 aliphatic rings. The Labute approximate surface area is 133 Å². The number of halogens is 1. The van der Waals surface area contributed by atoms with Crippen LogP contribution in [-0.2, 0) is 5.75 Å². The van der Waals surface area contributed by atoms with Crippen LogP contribution in [0, 0.1) is 17.1 Å². The average Bonchev–Trinajstić information content (AvgIpc) is 2.55. The van der Waals surface area contributed by atoms with Crippen molar-refractivity contribution in [3.05, 3.63) is 71.0 Å². The summed E-state index contributed by atoms with van der Waals surface area (Å²) in [6, 6.07) is 15.1. The molecule has 0 heterocycles. The summed E-state index contributed by atoms with van der Waals surface area (Å²) in [7, 11) is 0. The minimum atomic E-state index is -0.358. The molecule has 1 N–H and O–H groups in total. The quantitative estimate of drug-likeness (QED) is 0.832. The molecule has 0 unspecified atom stereocenters. The average molecular weight is 314 g/mol. The standard InChI is InChI=1S/C17H15FN2OS/c18-16-7-5-13(6-8-16)17(21)20-9-10-22-12-15-4-2-1-3-14(15)11-19/h1-8H,9-10,12H2,(H,20,21). The number of carbonyl (C=O) groups excluding carboxylic acids is 1. The number of amides is 1. The van der Waals surface area contributed by atoms with Crippen molar-refractivity contribution in [1.29, 1.82) is 5.26 Å². The third-order valence-electron chi connectivity index (χ3n) is 3.03. The summed E-state index contributed by atoms with van der Waals surface area (Å²) < 4.78 is 12.8. The molecule has 1 amide bonds. The third-order valence-corrected chi connectivity index (χ3v) is 4.04. The van der Waals surface area contributed by atoms with E-state index >= 15 is 0 Å². The van der Waals surface area contributed by atoms with Gasteiger partial charge in [-0.2, -0.15) is 17.0 Å². The van der Waals surface area contributed by atoms with Gasteiger partial charge in [0.25, 0.3) is 5.91 Å². The highest BCUT2D eigenvalue weighted by Gasteiger charge is 2.05. The zero-order valence-electron chi connectivity index (χ0n) is 11.9. The Hall–Kier alpha value is -2.32. The lowest BCUT2D eigenvalue weighted by molar-refractivity contribution is 0.0956. The molecule has 0 atom stereocenters. The van der Waals surface area contributed by atoms with E-state index < -0.39 is 0 Å². The van der Waals surface area contributed by atoms with Crippen molar-refractivity contribution >= 4 is 17.7 Å². The minimum Gasteiger partial charge on any atom is -0.351 e. The molecule has 3 nitrogen and oxygen atoms in total. The first-order valence-electron chi connectivity index (χ1n) is 6.80. The molecule has 0 radical (unpaired) electrons. The lowest BCUT2D eigenvalue weighted by atomic mass is 10.1. The largest absolute Gasteiger partial charge is 0.351 e. The third kappa shape index (κ3) is 4.61. The molecule has 0 spiro atoms. The number of hydrogen-bond acceptors (Lipinski definition) is 3. The first kappa shape index (κ1) is 16.1. The Balaban J connectivity index is 1.72. The molecule has 0 aromatic heterocycles. The first-order chi connectivity index (χ1) is 10.7. The van der Waals surface area contributed by atoms with E-state index in [1.807, 2.05) is 18.2 Å². The van der Waals surface area contributed by atoms with Crippen LogP contribution < -0.4 is 5.32 Å². The highest BCUT2D eigenvalue weighted by Crippen LogP contribution is 2.15. The van der Waals surface area contributed by atoms with Crippen LogP contribution in [-0.4, -0.2) is 18.2 Å². The minimum absolute atomic E-state index is 0.210. The van der Waals surface area contributed by atoms with Crippen LogP contribution in [0.3, 0.4) is 0 Å². The lowest BCUT2D eigenvalue weighted by Crippen LogP contribution is -2.25. The number of benzene rings is 2. The van der Waals surface area contributed by atoms with Crippen molar-refractivity contribution in [3.63, 3.8) is 0 Å². The summed E-state index contributed by atoms with van der Waals surface area (Å²) in [4.78, 5) is 11.8. The molecule has 2 rings (SSSR count). The van der Waals surface area contributed by atoms with Crippen molar-refractivity contribution in [2.24, 2.45) is 0 Å². The Morgan fingerprint density at radius 2 is 1.91 bits per heavy atom. The van der Waals surface area contributed by atoms with Crippen LogP contribution in [0.5, 0.6) is 0 Å². The molecule has 5 heteroatoms. The second-order valence-electron chi connectivity index (χ2n) is 4.58. The van der Waals surface area contributed by atoms with E-state index in [9.17, 15) is 9.18 Å². The van der Waals surface area contributed by atoms with Crippen LogP contribution in [0.25, 0.3) is 0 Å². The van der Waals surface area contributed by atoms with Crippen molar-refractivity contribution in [2.45, 2.75) is 5.75 Å². The molecule has 0 aliphatic heterocycles. The summed E-state index contributed by atoms with van der Waals surface area (Å²) in [5.74, 6) is 0.907. The fourth-order valence-corrected chi connectivity index (χ4v) is 2.74. The smallest absolute Gasteiger partial charge is 0.251 e. The number of rotatable bonds is 6. The Morgan fingerprint density at radius 1 is 1.18 bits per heavy atom. The molecular weight excluding hydrogens is 299 g/mol. The molecule has 2 aromatic rings. The molecule has 0 aliphatic carbocycles. The Kier molecular flexibility index (Phi) is 5.99. The normalized spacial score (nSPS) is 10.0. The molecule has 0 saturated heterocycles. The first-order valence-corrected chi connectivity index (χ1v) is 7.95. The van der Waals surface area contributed by atoms with Crippen LogP contribution in [0.4, 0.5) is 4.39 Å². The van der Waals surface area contributed by atoms with Gasteiger partial charge in [-0.05, 0) is 35.9 Å². The van der Waals surface area contributed by atoms with Gasteiger partial charge in [-0.15, -0.1) is 0 Å². The maximum Gasteiger partial charge on any atom is 0.251 e. The molecule has 112 valence electrons. The zero-order chi connectivity index (χ0) is 15.8. The van der Waals surface area contributed by atoms with Crippen molar-refractivity contribution < 1.29 is 9.18 Å². The summed E-state index contributed by atoms with van der Waals surface area (Å²) in [5.41, 5.74) is 2.13. The Morgan fingerprint density at radius 3 is 2.64 bits per heavy atom. The van der Waals surface area contributed by atoms with Gasteiger partial charge in [0.1, 0.15) is 5.82 Å². The fraction of sp³-hybridized carbons (Fsp3) is 0.176. The van der Waals surface area contributed by atoms with Crippen LogP contribution in [0.15, 0.2) is 48.5 Å². The summed E-state index contributed by atoms with van der Waals surface area (Å²) in [5, 5.41) is 11.8. The second-order valence-corrected chi connectivity index (χ2v) is 5.69. The maximum atomic E-state index is 12.8. The fourth-order valence-electron chi connectivity index (χ4n) is 1.88. The van der Waals surface area contributed by atoms with Crippen LogP contribution >= 0.6 is 11.8 Å². The number of hydrogen-bond donors (Lipinski definition) is 1. The van der Waals surface area contributed by atoms with Crippen molar-refractivity contribution in [2.75, 3.05) is 12.3 Å².